The third kappa shape index (κ3) is 2.74. The SMILES string of the molecule is CCOc1ncnc(NCc2c(C)nn(C)c2C)c1C. The Morgan fingerprint density at radius 1 is 1.25 bits per heavy atom. The first kappa shape index (κ1) is 14.3. The van der Waals surface area contributed by atoms with E-state index in [4.69, 9.17) is 4.74 Å². The van der Waals surface area contributed by atoms with Crippen molar-refractivity contribution < 1.29 is 4.74 Å². The highest BCUT2D eigenvalue weighted by atomic mass is 16.5. The highest BCUT2D eigenvalue weighted by Gasteiger charge is 2.11. The summed E-state index contributed by atoms with van der Waals surface area (Å²) in [7, 11) is 1.95. The van der Waals surface area contributed by atoms with Crippen LogP contribution in [0, 0.1) is 20.8 Å². The van der Waals surface area contributed by atoms with Crippen molar-refractivity contribution in [1.29, 1.82) is 0 Å². The number of rotatable bonds is 5. The van der Waals surface area contributed by atoms with Gasteiger partial charge in [0, 0.05) is 24.8 Å². The van der Waals surface area contributed by atoms with Crippen LogP contribution in [0.1, 0.15) is 29.4 Å². The minimum absolute atomic E-state index is 0.595. The average molecular weight is 275 g/mol. The van der Waals surface area contributed by atoms with Gasteiger partial charge >= 0.3 is 0 Å². The van der Waals surface area contributed by atoms with Crippen molar-refractivity contribution in [3.8, 4) is 5.88 Å². The highest BCUT2D eigenvalue weighted by Crippen LogP contribution is 2.21. The van der Waals surface area contributed by atoms with E-state index in [0.29, 0.717) is 19.0 Å². The molecule has 20 heavy (non-hydrogen) atoms. The second kappa shape index (κ2) is 5.90. The number of aromatic nitrogens is 4. The van der Waals surface area contributed by atoms with E-state index in [1.54, 1.807) is 0 Å². The summed E-state index contributed by atoms with van der Waals surface area (Å²) in [5.74, 6) is 1.43. The van der Waals surface area contributed by atoms with E-state index >= 15 is 0 Å². The molecular weight excluding hydrogens is 254 g/mol. The van der Waals surface area contributed by atoms with Crippen molar-refractivity contribution in [3.63, 3.8) is 0 Å². The first-order valence-corrected chi connectivity index (χ1v) is 6.72. The van der Waals surface area contributed by atoms with Gasteiger partial charge in [0.15, 0.2) is 0 Å². The van der Waals surface area contributed by atoms with Gasteiger partial charge in [0.25, 0.3) is 0 Å². The summed E-state index contributed by atoms with van der Waals surface area (Å²) < 4.78 is 7.37. The first-order chi connectivity index (χ1) is 9.54. The molecule has 2 rings (SSSR count). The molecule has 2 heterocycles. The number of hydrogen-bond acceptors (Lipinski definition) is 5. The second-order valence-electron chi connectivity index (χ2n) is 4.71. The minimum atomic E-state index is 0.595. The molecule has 0 aliphatic carbocycles. The number of hydrogen-bond donors (Lipinski definition) is 1. The first-order valence-electron chi connectivity index (χ1n) is 6.72. The molecule has 1 N–H and O–H groups in total. The van der Waals surface area contributed by atoms with E-state index in [1.807, 2.05) is 32.5 Å². The monoisotopic (exact) mass is 275 g/mol. The van der Waals surface area contributed by atoms with Gasteiger partial charge < -0.3 is 10.1 Å². The topological polar surface area (TPSA) is 64.9 Å². The predicted octanol–water partition coefficient (Wildman–Crippen LogP) is 2.15. The van der Waals surface area contributed by atoms with Crippen LogP contribution in [-0.4, -0.2) is 26.4 Å². The lowest BCUT2D eigenvalue weighted by Crippen LogP contribution is -2.07. The summed E-state index contributed by atoms with van der Waals surface area (Å²) in [6.45, 7) is 9.26. The molecule has 6 heteroatoms. The normalized spacial score (nSPS) is 10.7. The molecule has 0 aromatic carbocycles. The number of ether oxygens (including phenoxy) is 1. The minimum Gasteiger partial charge on any atom is -0.478 e. The van der Waals surface area contributed by atoms with Crippen molar-refractivity contribution in [2.45, 2.75) is 34.2 Å². The van der Waals surface area contributed by atoms with Crippen LogP contribution in [0.4, 0.5) is 5.82 Å². The van der Waals surface area contributed by atoms with E-state index in [1.165, 1.54) is 11.9 Å². The molecule has 0 unspecified atom stereocenters. The Bertz CT molecular complexity index is 606. The lowest BCUT2D eigenvalue weighted by molar-refractivity contribution is 0.324. The van der Waals surface area contributed by atoms with Crippen LogP contribution in [-0.2, 0) is 13.6 Å². The number of nitrogens with zero attached hydrogens (tertiary/aromatic N) is 4. The largest absolute Gasteiger partial charge is 0.478 e. The number of anilines is 1. The molecular formula is C14H21N5O. The number of aryl methyl sites for hydroxylation is 2. The Morgan fingerprint density at radius 3 is 2.60 bits per heavy atom. The fraction of sp³-hybridized carbons (Fsp3) is 0.500. The van der Waals surface area contributed by atoms with Gasteiger partial charge in [-0.25, -0.2) is 9.97 Å². The molecule has 0 saturated heterocycles. The van der Waals surface area contributed by atoms with Crippen molar-refractivity contribution in [2.75, 3.05) is 11.9 Å². The van der Waals surface area contributed by atoms with Crippen LogP contribution in [0.5, 0.6) is 5.88 Å². The van der Waals surface area contributed by atoms with Gasteiger partial charge in [-0.3, -0.25) is 4.68 Å². The molecule has 108 valence electrons. The van der Waals surface area contributed by atoms with Crippen molar-refractivity contribution in [1.82, 2.24) is 19.7 Å². The quantitative estimate of drug-likeness (QED) is 0.905. The molecule has 2 aromatic rings. The summed E-state index contributed by atoms with van der Waals surface area (Å²) in [4.78, 5) is 8.41. The van der Waals surface area contributed by atoms with E-state index in [0.717, 1.165) is 22.8 Å². The van der Waals surface area contributed by atoms with Crippen molar-refractivity contribution >= 4 is 5.82 Å². The van der Waals surface area contributed by atoms with Gasteiger partial charge in [-0.1, -0.05) is 0 Å². The zero-order valence-corrected chi connectivity index (χ0v) is 12.7. The van der Waals surface area contributed by atoms with E-state index in [2.05, 4.69) is 27.3 Å². The second-order valence-corrected chi connectivity index (χ2v) is 4.71. The Morgan fingerprint density at radius 2 is 2.00 bits per heavy atom. The Hall–Kier alpha value is -2.11. The molecule has 0 aliphatic heterocycles. The summed E-state index contributed by atoms with van der Waals surface area (Å²) >= 11 is 0. The van der Waals surface area contributed by atoms with Gasteiger partial charge in [-0.15, -0.1) is 0 Å². The highest BCUT2D eigenvalue weighted by molar-refractivity contribution is 5.48. The predicted molar refractivity (Wildman–Crippen MR) is 77.9 cm³/mol. The summed E-state index contributed by atoms with van der Waals surface area (Å²) in [6.07, 6.45) is 1.52. The van der Waals surface area contributed by atoms with E-state index in [9.17, 15) is 0 Å². The lowest BCUT2D eigenvalue weighted by Gasteiger charge is -2.11. The van der Waals surface area contributed by atoms with E-state index < -0.39 is 0 Å². The van der Waals surface area contributed by atoms with Crippen LogP contribution in [0.2, 0.25) is 0 Å². The summed E-state index contributed by atoms with van der Waals surface area (Å²) in [6, 6.07) is 0. The zero-order valence-electron chi connectivity index (χ0n) is 12.7. The molecule has 0 aliphatic rings. The molecule has 0 spiro atoms. The lowest BCUT2D eigenvalue weighted by atomic mass is 10.2. The van der Waals surface area contributed by atoms with Crippen molar-refractivity contribution in [3.05, 3.63) is 28.8 Å². The molecule has 0 saturated carbocycles. The van der Waals surface area contributed by atoms with Crippen LogP contribution in [0.3, 0.4) is 0 Å². The molecule has 0 bridgehead atoms. The summed E-state index contributed by atoms with van der Waals surface area (Å²) in [5, 5.41) is 7.75. The van der Waals surface area contributed by atoms with Crippen LogP contribution >= 0.6 is 0 Å². The number of nitrogens with one attached hydrogen (secondary N) is 1. The maximum Gasteiger partial charge on any atom is 0.221 e. The summed E-state index contributed by atoms with van der Waals surface area (Å²) in [5.41, 5.74) is 4.32. The zero-order chi connectivity index (χ0) is 14.7. The maximum absolute atomic E-state index is 5.47. The molecule has 0 amide bonds. The van der Waals surface area contributed by atoms with Crippen LogP contribution in [0.15, 0.2) is 6.33 Å². The van der Waals surface area contributed by atoms with Gasteiger partial charge in [0.05, 0.1) is 17.9 Å². The third-order valence-electron chi connectivity index (χ3n) is 3.41. The van der Waals surface area contributed by atoms with E-state index in [-0.39, 0.29) is 0 Å². The Kier molecular flexibility index (Phi) is 4.22. The fourth-order valence-electron chi connectivity index (χ4n) is 2.14. The maximum atomic E-state index is 5.47. The van der Waals surface area contributed by atoms with Gasteiger partial charge in [-0.05, 0) is 27.7 Å². The third-order valence-corrected chi connectivity index (χ3v) is 3.41. The standard InChI is InChI=1S/C14H21N5O/c1-6-20-14-9(2)13(16-8-17-14)15-7-12-10(3)18-19(5)11(12)4/h8H,6-7H2,1-5H3,(H,15,16,17). The van der Waals surface area contributed by atoms with Crippen LogP contribution < -0.4 is 10.1 Å². The Labute approximate surface area is 119 Å². The Balaban J connectivity index is 2.17. The molecule has 0 radical (unpaired) electrons. The average Bonchev–Trinajstić information content (AvgIpc) is 2.65. The molecule has 0 fully saturated rings. The molecule has 0 atom stereocenters. The molecule has 6 nitrogen and oxygen atoms in total. The van der Waals surface area contributed by atoms with Gasteiger partial charge in [-0.2, -0.15) is 5.10 Å². The van der Waals surface area contributed by atoms with Crippen LogP contribution in [0.25, 0.3) is 0 Å². The molecule has 2 aromatic heterocycles. The van der Waals surface area contributed by atoms with Gasteiger partial charge in [0.1, 0.15) is 12.1 Å². The fourth-order valence-corrected chi connectivity index (χ4v) is 2.14. The van der Waals surface area contributed by atoms with Gasteiger partial charge in [0.2, 0.25) is 5.88 Å². The smallest absolute Gasteiger partial charge is 0.221 e. The van der Waals surface area contributed by atoms with Crippen molar-refractivity contribution in [2.24, 2.45) is 7.05 Å².